The van der Waals surface area contributed by atoms with Crippen molar-refractivity contribution in [1.82, 2.24) is 0 Å². The molecule has 0 unspecified atom stereocenters. The Morgan fingerprint density at radius 2 is 1.46 bits per heavy atom. The van der Waals surface area contributed by atoms with Crippen LogP contribution in [0.1, 0.15) is 43.2 Å². The van der Waals surface area contributed by atoms with Crippen LogP contribution in [0, 0.1) is 0 Å². The van der Waals surface area contributed by atoms with Gasteiger partial charge in [0.05, 0.1) is 19.3 Å². The molecule has 0 radical (unpaired) electrons. The first kappa shape index (κ1) is 20.1. The van der Waals surface area contributed by atoms with Crippen molar-refractivity contribution >= 4 is 5.97 Å². The summed E-state index contributed by atoms with van der Waals surface area (Å²) in [5.74, 6) is -0.738. The first-order chi connectivity index (χ1) is 12.7. The molecule has 2 rings (SSSR count). The third-order valence-electron chi connectivity index (χ3n) is 4.19. The Morgan fingerprint density at radius 1 is 0.846 bits per heavy atom. The molecule has 26 heavy (non-hydrogen) atoms. The summed E-state index contributed by atoms with van der Waals surface area (Å²) in [6.07, 6.45) is 3.51. The van der Waals surface area contributed by atoms with Gasteiger partial charge in [0, 0.05) is 13.0 Å². The van der Waals surface area contributed by atoms with Crippen molar-refractivity contribution in [2.45, 2.75) is 51.4 Å². The van der Waals surface area contributed by atoms with Gasteiger partial charge in [0.15, 0.2) is 0 Å². The van der Waals surface area contributed by atoms with Crippen molar-refractivity contribution in [3.05, 3.63) is 71.8 Å². The number of aliphatic carboxylic acids is 1. The standard InChI is InChI=1S/C22H28O4/c23-22(24)14-8-7-13-21(26-18-20-11-5-2-6-12-20)15-16-25-17-19-9-3-1-4-10-19/h1-6,9-12,21H,7-8,13-18H2,(H,23,24)/t21-/m1/s1. The normalized spacial score (nSPS) is 12.0. The smallest absolute Gasteiger partial charge is 0.303 e. The van der Waals surface area contributed by atoms with E-state index < -0.39 is 5.97 Å². The molecule has 0 fully saturated rings. The van der Waals surface area contributed by atoms with E-state index in [2.05, 4.69) is 12.1 Å². The zero-order valence-corrected chi connectivity index (χ0v) is 15.2. The number of ether oxygens (including phenoxy) is 2. The van der Waals surface area contributed by atoms with E-state index >= 15 is 0 Å². The summed E-state index contributed by atoms with van der Waals surface area (Å²) in [4.78, 5) is 10.6. The molecule has 0 spiro atoms. The Labute approximate surface area is 155 Å². The van der Waals surface area contributed by atoms with Crippen LogP contribution in [0.2, 0.25) is 0 Å². The molecule has 0 aliphatic rings. The van der Waals surface area contributed by atoms with Crippen LogP contribution in [-0.2, 0) is 27.5 Å². The second-order valence-electron chi connectivity index (χ2n) is 6.38. The van der Waals surface area contributed by atoms with Crippen LogP contribution < -0.4 is 0 Å². The predicted octanol–water partition coefficient (Wildman–Crippen LogP) is 4.82. The Bertz CT molecular complexity index is 613. The summed E-state index contributed by atoms with van der Waals surface area (Å²) in [6, 6.07) is 20.2. The first-order valence-corrected chi connectivity index (χ1v) is 9.23. The van der Waals surface area contributed by atoms with Crippen molar-refractivity contribution < 1.29 is 19.4 Å². The van der Waals surface area contributed by atoms with E-state index in [-0.39, 0.29) is 12.5 Å². The van der Waals surface area contributed by atoms with Gasteiger partial charge in [-0.15, -0.1) is 0 Å². The molecule has 2 aromatic carbocycles. The van der Waals surface area contributed by atoms with Crippen LogP contribution in [-0.4, -0.2) is 23.8 Å². The van der Waals surface area contributed by atoms with E-state index in [9.17, 15) is 4.79 Å². The number of hydrogen-bond donors (Lipinski definition) is 1. The highest BCUT2D eigenvalue weighted by Crippen LogP contribution is 2.14. The Balaban J connectivity index is 1.72. The summed E-state index contributed by atoms with van der Waals surface area (Å²) < 4.78 is 11.8. The van der Waals surface area contributed by atoms with Crippen LogP contribution >= 0.6 is 0 Å². The molecule has 0 aromatic heterocycles. The van der Waals surface area contributed by atoms with Crippen LogP contribution in [0.3, 0.4) is 0 Å². The van der Waals surface area contributed by atoms with Gasteiger partial charge in [-0.05, 0) is 30.4 Å². The van der Waals surface area contributed by atoms with E-state index in [0.29, 0.717) is 26.2 Å². The summed E-state index contributed by atoms with van der Waals surface area (Å²) >= 11 is 0. The third-order valence-corrected chi connectivity index (χ3v) is 4.19. The maximum Gasteiger partial charge on any atom is 0.303 e. The van der Waals surface area contributed by atoms with Gasteiger partial charge in [0.1, 0.15) is 0 Å². The molecule has 0 amide bonds. The lowest BCUT2D eigenvalue weighted by atomic mass is 10.1. The molecular formula is C22H28O4. The maximum absolute atomic E-state index is 10.6. The average molecular weight is 356 g/mol. The van der Waals surface area contributed by atoms with Gasteiger partial charge in [-0.1, -0.05) is 67.1 Å². The number of carboxylic acid groups (broad SMARTS) is 1. The fourth-order valence-corrected chi connectivity index (χ4v) is 2.73. The number of unbranched alkanes of at least 4 members (excludes halogenated alkanes) is 1. The van der Waals surface area contributed by atoms with Crippen LogP contribution in [0.5, 0.6) is 0 Å². The molecule has 0 aliphatic heterocycles. The summed E-state index contributed by atoms with van der Waals surface area (Å²) in [5, 5.41) is 8.76. The highest BCUT2D eigenvalue weighted by Gasteiger charge is 2.10. The van der Waals surface area contributed by atoms with Crippen LogP contribution in [0.4, 0.5) is 0 Å². The summed E-state index contributed by atoms with van der Waals surface area (Å²) in [5.41, 5.74) is 2.31. The van der Waals surface area contributed by atoms with Crippen molar-refractivity contribution in [3.63, 3.8) is 0 Å². The van der Waals surface area contributed by atoms with E-state index in [1.165, 1.54) is 0 Å². The minimum Gasteiger partial charge on any atom is -0.481 e. The van der Waals surface area contributed by atoms with E-state index in [4.69, 9.17) is 14.6 Å². The van der Waals surface area contributed by atoms with Gasteiger partial charge in [-0.25, -0.2) is 0 Å². The number of rotatable bonds is 13. The largest absolute Gasteiger partial charge is 0.481 e. The SMILES string of the molecule is O=C(O)CCCC[C@H](CCOCc1ccccc1)OCc1ccccc1. The van der Waals surface area contributed by atoms with Gasteiger partial charge >= 0.3 is 5.97 Å². The van der Waals surface area contributed by atoms with Crippen molar-refractivity contribution in [3.8, 4) is 0 Å². The number of carbonyl (C=O) groups is 1. The quantitative estimate of drug-likeness (QED) is 0.523. The van der Waals surface area contributed by atoms with Crippen molar-refractivity contribution in [1.29, 1.82) is 0 Å². The van der Waals surface area contributed by atoms with Crippen LogP contribution in [0.15, 0.2) is 60.7 Å². The van der Waals surface area contributed by atoms with Gasteiger partial charge in [0.2, 0.25) is 0 Å². The highest BCUT2D eigenvalue weighted by molar-refractivity contribution is 5.66. The number of carboxylic acids is 1. The zero-order valence-electron chi connectivity index (χ0n) is 15.2. The second kappa shape index (κ2) is 12.2. The number of benzene rings is 2. The lowest BCUT2D eigenvalue weighted by molar-refractivity contribution is -0.137. The highest BCUT2D eigenvalue weighted by atomic mass is 16.5. The molecule has 140 valence electrons. The molecule has 0 saturated heterocycles. The Morgan fingerprint density at radius 3 is 2.08 bits per heavy atom. The molecule has 4 heteroatoms. The molecule has 0 aliphatic carbocycles. The van der Waals surface area contributed by atoms with E-state index in [1.807, 2.05) is 48.5 Å². The predicted molar refractivity (Wildman–Crippen MR) is 102 cm³/mol. The Kier molecular flexibility index (Phi) is 9.47. The van der Waals surface area contributed by atoms with E-state index in [0.717, 1.165) is 30.4 Å². The average Bonchev–Trinajstić information content (AvgIpc) is 2.67. The van der Waals surface area contributed by atoms with Crippen molar-refractivity contribution in [2.75, 3.05) is 6.61 Å². The topological polar surface area (TPSA) is 55.8 Å². The minimum atomic E-state index is -0.738. The molecule has 0 saturated carbocycles. The fraction of sp³-hybridized carbons (Fsp3) is 0.409. The van der Waals surface area contributed by atoms with Gasteiger partial charge in [0.25, 0.3) is 0 Å². The first-order valence-electron chi connectivity index (χ1n) is 9.23. The lowest BCUT2D eigenvalue weighted by Gasteiger charge is -2.18. The summed E-state index contributed by atoms with van der Waals surface area (Å²) in [6.45, 7) is 1.81. The van der Waals surface area contributed by atoms with Gasteiger partial charge in [-0.2, -0.15) is 0 Å². The zero-order chi connectivity index (χ0) is 18.5. The third kappa shape index (κ3) is 8.79. The fourth-order valence-electron chi connectivity index (χ4n) is 2.73. The van der Waals surface area contributed by atoms with Crippen molar-refractivity contribution in [2.24, 2.45) is 0 Å². The van der Waals surface area contributed by atoms with Gasteiger partial charge in [-0.3, -0.25) is 4.79 Å². The second-order valence-corrected chi connectivity index (χ2v) is 6.38. The molecule has 1 atom stereocenters. The lowest BCUT2D eigenvalue weighted by Crippen LogP contribution is -2.16. The monoisotopic (exact) mass is 356 g/mol. The molecular weight excluding hydrogens is 328 g/mol. The molecule has 2 aromatic rings. The molecule has 4 nitrogen and oxygen atoms in total. The van der Waals surface area contributed by atoms with E-state index in [1.54, 1.807) is 0 Å². The molecule has 0 heterocycles. The molecule has 0 bridgehead atoms. The molecule has 1 N–H and O–H groups in total. The summed E-state index contributed by atoms with van der Waals surface area (Å²) in [7, 11) is 0. The van der Waals surface area contributed by atoms with Crippen LogP contribution in [0.25, 0.3) is 0 Å². The maximum atomic E-state index is 10.6. The Hall–Kier alpha value is -2.17. The minimum absolute atomic E-state index is 0.0831. The van der Waals surface area contributed by atoms with Gasteiger partial charge < -0.3 is 14.6 Å². The number of hydrogen-bond acceptors (Lipinski definition) is 3.